The first-order valence-electron chi connectivity index (χ1n) is 13.3. The predicted octanol–water partition coefficient (Wildman–Crippen LogP) is 2.04. The number of benzene rings is 1. The Morgan fingerprint density at radius 3 is 2.40 bits per heavy atom. The average molecular weight is 481 g/mol. The number of fused-ring (bicyclic) bond motifs is 4. The van der Waals surface area contributed by atoms with Gasteiger partial charge in [-0.1, -0.05) is 12.1 Å². The van der Waals surface area contributed by atoms with E-state index in [0.29, 0.717) is 19.8 Å². The summed E-state index contributed by atoms with van der Waals surface area (Å²) in [6.07, 6.45) is 3.12. The molecule has 188 valence electrons. The minimum atomic E-state index is -0.387. The second-order valence-corrected chi connectivity index (χ2v) is 12.1. The number of carbonyl (C=O) groups is 1. The second kappa shape index (κ2) is 7.68. The normalized spacial score (nSPS) is 36.3. The molecule has 6 aliphatic heterocycles. The Balaban J connectivity index is 1.20. The highest BCUT2D eigenvalue weighted by molar-refractivity contribution is 6.62. The van der Waals surface area contributed by atoms with Crippen LogP contribution in [0.15, 0.2) is 12.1 Å². The van der Waals surface area contributed by atoms with Crippen LogP contribution < -0.4 is 5.46 Å². The SMILES string of the molecule is CC1(C)OB(c2cc3c(c([C@@H]4C5OCCN54)c2)CN(C(=O)N2C4CCC2COC4)CC3)OC1(C)C. The molecule has 5 saturated heterocycles. The molecule has 1 aromatic carbocycles. The van der Waals surface area contributed by atoms with Crippen LogP contribution in [0.25, 0.3) is 0 Å². The van der Waals surface area contributed by atoms with Gasteiger partial charge in [0.2, 0.25) is 0 Å². The number of morpholine rings is 2. The number of urea groups is 1. The van der Waals surface area contributed by atoms with Crippen molar-refractivity contribution in [3.05, 3.63) is 28.8 Å². The highest BCUT2D eigenvalue weighted by atomic mass is 16.7. The summed E-state index contributed by atoms with van der Waals surface area (Å²) >= 11 is 0. The molecule has 1 aromatic rings. The topological polar surface area (TPSA) is 63.5 Å². The van der Waals surface area contributed by atoms with E-state index in [9.17, 15) is 4.79 Å². The monoisotopic (exact) mass is 481 g/mol. The maximum Gasteiger partial charge on any atom is 0.494 e. The molecule has 0 N–H and O–H groups in total. The maximum absolute atomic E-state index is 13.7. The van der Waals surface area contributed by atoms with Crippen molar-refractivity contribution >= 4 is 18.6 Å². The van der Waals surface area contributed by atoms with Gasteiger partial charge < -0.3 is 28.6 Å². The number of carbonyl (C=O) groups excluding carboxylic acids is 1. The average Bonchev–Trinajstić information content (AvgIpc) is 3.05. The minimum Gasteiger partial charge on any atom is -0.399 e. The van der Waals surface area contributed by atoms with E-state index in [4.69, 9.17) is 18.8 Å². The van der Waals surface area contributed by atoms with E-state index in [0.717, 1.165) is 44.4 Å². The van der Waals surface area contributed by atoms with E-state index in [1.807, 2.05) is 0 Å². The van der Waals surface area contributed by atoms with Gasteiger partial charge in [-0.3, -0.25) is 4.90 Å². The molecule has 0 aliphatic carbocycles. The lowest BCUT2D eigenvalue weighted by Crippen LogP contribution is -2.55. The molecule has 6 aliphatic rings. The summed E-state index contributed by atoms with van der Waals surface area (Å²) in [5, 5.41) is 0. The van der Waals surface area contributed by atoms with E-state index >= 15 is 0 Å². The highest BCUT2D eigenvalue weighted by Crippen LogP contribution is 2.49. The van der Waals surface area contributed by atoms with E-state index in [1.54, 1.807) is 0 Å². The number of hydrogen-bond donors (Lipinski definition) is 0. The van der Waals surface area contributed by atoms with Crippen molar-refractivity contribution in [2.45, 2.75) is 89.1 Å². The molecule has 2 amide bonds. The van der Waals surface area contributed by atoms with E-state index < -0.39 is 0 Å². The van der Waals surface area contributed by atoms with Crippen molar-refractivity contribution in [3.63, 3.8) is 0 Å². The van der Waals surface area contributed by atoms with Crippen molar-refractivity contribution in [1.29, 1.82) is 0 Å². The highest BCUT2D eigenvalue weighted by Gasteiger charge is 2.56. The van der Waals surface area contributed by atoms with Crippen molar-refractivity contribution in [2.24, 2.45) is 0 Å². The maximum atomic E-state index is 13.7. The fourth-order valence-electron chi connectivity index (χ4n) is 6.69. The quantitative estimate of drug-likeness (QED) is 0.476. The van der Waals surface area contributed by atoms with Gasteiger partial charge in [0.25, 0.3) is 0 Å². The molecule has 8 nitrogen and oxygen atoms in total. The zero-order valence-corrected chi connectivity index (χ0v) is 21.3. The zero-order valence-electron chi connectivity index (χ0n) is 21.3. The third-order valence-electron chi connectivity index (χ3n) is 9.48. The Morgan fingerprint density at radius 2 is 1.74 bits per heavy atom. The Labute approximate surface area is 207 Å². The lowest BCUT2D eigenvalue weighted by Gasteiger charge is -2.40. The van der Waals surface area contributed by atoms with Crippen molar-refractivity contribution in [2.75, 3.05) is 32.9 Å². The number of ether oxygens (including phenoxy) is 2. The summed E-state index contributed by atoms with van der Waals surface area (Å²) in [7, 11) is -0.387. The second-order valence-electron chi connectivity index (χ2n) is 12.1. The van der Waals surface area contributed by atoms with Crippen LogP contribution in [0.1, 0.15) is 63.3 Å². The van der Waals surface area contributed by atoms with Crippen LogP contribution in [-0.4, -0.2) is 90.3 Å². The van der Waals surface area contributed by atoms with Gasteiger partial charge in [-0.15, -0.1) is 0 Å². The molecule has 0 radical (unpaired) electrons. The van der Waals surface area contributed by atoms with E-state index in [2.05, 4.69) is 54.5 Å². The molecule has 9 heteroatoms. The van der Waals surface area contributed by atoms with Crippen molar-refractivity contribution in [3.8, 4) is 0 Å². The van der Waals surface area contributed by atoms with Gasteiger partial charge in [0.1, 0.15) is 6.23 Å². The molecular weight excluding hydrogens is 445 g/mol. The number of amides is 2. The molecule has 6 heterocycles. The van der Waals surface area contributed by atoms with Crippen LogP contribution in [0.5, 0.6) is 0 Å². The van der Waals surface area contributed by atoms with Crippen molar-refractivity contribution in [1.82, 2.24) is 14.7 Å². The summed E-state index contributed by atoms with van der Waals surface area (Å²) in [6.45, 7) is 12.9. The Bertz CT molecular complexity index is 1020. The van der Waals surface area contributed by atoms with Gasteiger partial charge in [-0.25, -0.2) is 4.79 Å². The number of hydrogen-bond acceptors (Lipinski definition) is 6. The first-order valence-corrected chi connectivity index (χ1v) is 13.3. The third-order valence-corrected chi connectivity index (χ3v) is 9.48. The van der Waals surface area contributed by atoms with Gasteiger partial charge in [0, 0.05) is 19.6 Å². The predicted molar refractivity (Wildman–Crippen MR) is 130 cm³/mol. The minimum absolute atomic E-state index is 0.161. The molecule has 2 bridgehead atoms. The van der Waals surface area contributed by atoms with Crippen LogP contribution in [0.3, 0.4) is 0 Å². The molecule has 5 atom stereocenters. The van der Waals surface area contributed by atoms with Crippen LogP contribution >= 0.6 is 0 Å². The summed E-state index contributed by atoms with van der Waals surface area (Å²) < 4.78 is 24.5. The molecule has 7 rings (SSSR count). The van der Waals surface area contributed by atoms with E-state index in [-0.39, 0.29) is 48.7 Å². The summed E-state index contributed by atoms with van der Waals surface area (Å²) in [5.41, 5.74) is 4.20. The molecule has 0 aromatic heterocycles. The van der Waals surface area contributed by atoms with Crippen LogP contribution in [0, 0.1) is 0 Å². The number of nitrogens with zero attached hydrogens (tertiary/aromatic N) is 3. The van der Waals surface area contributed by atoms with Gasteiger partial charge >= 0.3 is 13.1 Å². The largest absolute Gasteiger partial charge is 0.494 e. The molecule has 35 heavy (non-hydrogen) atoms. The fraction of sp³-hybridized carbons (Fsp3) is 0.731. The van der Waals surface area contributed by atoms with Gasteiger partial charge in [0.05, 0.1) is 49.1 Å². The van der Waals surface area contributed by atoms with Crippen LogP contribution in [0.2, 0.25) is 0 Å². The molecule has 5 fully saturated rings. The van der Waals surface area contributed by atoms with Gasteiger partial charge in [-0.05, 0) is 69.1 Å². The summed E-state index contributed by atoms with van der Waals surface area (Å²) in [5.74, 6) is 0. The zero-order chi connectivity index (χ0) is 24.1. The molecule has 0 saturated carbocycles. The van der Waals surface area contributed by atoms with Crippen molar-refractivity contribution < 1.29 is 23.6 Å². The van der Waals surface area contributed by atoms with E-state index in [1.165, 1.54) is 16.7 Å². The fourth-order valence-corrected chi connectivity index (χ4v) is 6.69. The smallest absolute Gasteiger partial charge is 0.399 e. The van der Waals surface area contributed by atoms with Gasteiger partial charge in [-0.2, -0.15) is 0 Å². The Hall–Kier alpha value is -1.65. The standard InChI is InChI=1S/C26H36BN3O5/c1-25(2)26(3,4)35-27(34-25)17-11-16-7-8-28(24(31)30-18-5-6-19(30)15-32-14-18)13-21(16)20(12-17)22-23-29(22)9-10-33-23/h11-12,18-19,22-23H,5-10,13-15H2,1-4H3/t18?,19?,22-,23?,29?/m1/s1. The number of rotatable bonds is 2. The molecule has 0 spiro atoms. The lowest BCUT2D eigenvalue weighted by atomic mass is 9.75. The Kier molecular flexibility index (Phi) is 4.95. The lowest BCUT2D eigenvalue weighted by molar-refractivity contribution is -0.00293. The first kappa shape index (κ1) is 22.5. The van der Waals surface area contributed by atoms with Gasteiger partial charge in [0.15, 0.2) is 0 Å². The molecule has 4 unspecified atom stereocenters. The van der Waals surface area contributed by atoms with Crippen LogP contribution in [-0.2, 0) is 31.7 Å². The Morgan fingerprint density at radius 1 is 1.03 bits per heavy atom. The third kappa shape index (κ3) is 3.42. The first-order chi connectivity index (χ1) is 16.7. The molecular formula is C26H36BN3O5. The summed E-state index contributed by atoms with van der Waals surface area (Å²) in [4.78, 5) is 20.2. The van der Waals surface area contributed by atoms with Crippen LogP contribution in [0.4, 0.5) is 4.79 Å². The summed E-state index contributed by atoms with van der Waals surface area (Å²) in [6, 6.07) is 5.43.